The Labute approximate surface area is 136 Å². The summed E-state index contributed by atoms with van der Waals surface area (Å²) in [6.07, 6.45) is 3.58. The fourth-order valence-corrected chi connectivity index (χ4v) is 3.02. The van der Waals surface area contributed by atoms with E-state index in [-0.39, 0.29) is 12.5 Å². The van der Waals surface area contributed by atoms with Crippen LogP contribution in [0.25, 0.3) is 0 Å². The lowest BCUT2D eigenvalue weighted by atomic mass is 9.78. The number of nitrogens with one attached hydrogen (secondary N) is 1. The number of carbonyl (C=O) groups excluding carboxylic acids is 2. The first kappa shape index (κ1) is 17.3. The summed E-state index contributed by atoms with van der Waals surface area (Å²) in [6, 6.07) is 6.82. The second-order valence-corrected chi connectivity index (χ2v) is 6.13. The van der Waals surface area contributed by atoms with E-state index in [1.165, 1.54) is 0 Å². The minimum absolute atomic E-state index is 0.114. The Morgan fingerprint density at radius 2 is 2.04 bits per heavy atom. The van der Waals surface area contributed by atoms with Crippen molar-refractivity contribution in [3.8, 4) is 5.75 Å². The molecule has 0 saturated heterocycles. The third kappa shape index (κ3) is 4.45. The lowest BCUT2D eigenvalue weighted by Gasteiger charge is -2.37. The Morgan fingerprint density at radius 3 is 2.61 bits per heavy atom. The average molecular weight is 320 g/mol. The van der Waals surface area contributed by atoms with Gasteiger partial charge < -0.3 is 20.5 Å². The Bertz CT molecular complexity index is 558. The van der Waals surface area contributed by atoms with Gasteiger partial charge in [-0.2, -0.15) is 0 Å². The van der Waals surface area contributed by atoms with Crippen molar-refractivity contribution in [1.82, 2.24) is 0 Å². The van der Waals surface area contributed by atoms with Gasteiger partial charge >= 0.3 is 0 Å². The van der Waals surface area contributed by atoms with E-state index in [4.69, 9.17) is 15.2 Å². The van der Waals surface area contributed by atoms with Gasteiger partial charge in [0.05, 0.1) is 0 Å². The van der Waals surface area contributed by atoms with E-state index < -0.39 is 11.5 Å². The number of hydrogen-bond acceptors (Lipinski definition) is 4. The van der Waals surface area contributed by atoms with Crippen molar-refractivity contribution in [1.29, 1.82) is 0 Å². The van der Waals surface area contributed by atoms with Crippen LogP contribution in [0.2, 0.25) is 0 Å². The molecule has 1 aromatic rings. The standard InChI is InChI=1S/C17H24N2O4/c1-12-4-3-9-17(10-12,22-2)16(21)19-13-5-7-14(8-6-13)23-11-15(18)20/h5-8,12H,3-4,9-11H2,1-2H3,(H2,18,20)(H,19,21)/t12-,17-/m0/s1. The number of benzene rings is 1. The predicted molar refractivity (Wildman–Crippen MR) is 87.1 cm³/mol. The van der Waals surface area contributed by atoms with Crippen LogP contribution in [0, 0.1) is 5.92 Å². The maximum Gasteiger partial charge on any atom is 0.256 e. The number of anilines is 1. The number of primary amides is 1. The van der Waals surface area contributed by atoms with Gasteiger partial charge in [0, 0.05) is 12.8 Å². The van der Waals surface area contributed by atoms with Gasteiger partial charge in [0.2, 0.25) is 0 Å². The molecule has 1 aliphatic rings. The van der Waals surface area contributed by atoms with Crippen molar-refractivity contribution in [2.45, 2.75) is 38.2 Å². The molecule has 1 aromatic carbocycles. The summed E-state index contributed by atoms with van der Waals surface area (Å²) in [5, 5.41) is 2.90. The lowest BCUT2D eigenvalue weighted by molar-refractivity contribution is -0.143. The molecular weight excluding hydrogens is 296 g/mol. The number of rotatable bonds is 6. The summed E-state index contributed by atoms with van der Waals surface area (Å²) >= 11 is 0. The highest BCUT2D eigenvalue weighted by Gasteiger charge is 2.41. The van der Waals surface area contributed by atoms with E-state index in [2.05, 4.69) is 12.2 Å². The first-order valence-corrected chi connectivity index (χ1v) is 7.83. The monoisotopic (exact) mass is 320 g/mol. The summed E-state index contributed by atoms with van der Waals surface area (Å²) in [7, 11) is 1.60. The smallest absolute Gasteiger partial charge is 0.256 e. The third-order valence-electron chi connectivity index (χ3n) is 4.25. The quantitative estimate of drug-likeness (QED) is 0.839. The minimum atomic E-state index is -0.751. The molecule has 2 amide bonds. The summed E-state index contributed by atoms with van der Waals surface area (Å²) in [5.41, 5.74) is 4.94. The Balaban J connectivity index is 2.00. The van der Waals surface area contributed by atoms with Gasteiger partial charge in [-0.25, -0.2) is 0 Å². The molecule has 0 spiro atoms. The van der Waals surface area contributed by atoms with Crippen molar-refractivity contribution >= 4 is 17.5 Å². The molecule has 0 bridgehead atoms. The highest BCUT2D eigenvalue weighted by molar-refractivity contribution is 5.97. The molecule has 6 heteroatoms. The van der Waals surface area contributed by atoms with E-state index >= 15 is 0 Å². The average Bonchev–Trinajstić information content (AvgIpc) is 2.54. The minimum Gasteiger partial charge on any atom is -0.484 e. The van der Waals surface area contributed by atoms with Crippen molar-refractivity contribution < 1.29 is 19.1 Å². The lowest BCUT2D eigenvalue weighted by Crippen LogP contribution is -2.47. The molecule has 6 nitrogen and oxygen atoms in total. The van der Waals surface area contributed by atoms with Crippen LogP contribution >= 0.6 is 0 Å². The third-order valence-corrected chi connectivity index (χ3v) is 4.25. The van der Waals surface area contributed by atoms with Crippen molar-refractivity contribution in [3.05, 3.63) is 24.3 Å². The van der Waals surface area contributed by atoms with Gasteiger partial charge in [0.15, 0.2) is 6.61 Å². The van der Waals surface area contributed by atoms with E-state index in [0.717, 1.165) is 25.7 Å². The van der Waals surface area contributed by atoms with Gasteiger partial charge in [-0.3, -0.25) is 9.59 Å². The molecule has 1 saturated carbocycles. The van der Waals surface area contributed by atoms with E-state index in [1.807, 2.05) is 0 Å². The number of ether oxygens (including phenoxy) is 2. The molecule has 2 atom stereocenters. The van der Waals surface area contributed by atoms with E-state index in [1.54, 1.807) is 31.4 Å². The molecule has 0 aliphatic heterocycles. The Kier molecular flexibility index (Phi) is 5.60. The molecule has 3 N–H and O–H groups in total. The molecule has 126 valence electrons. The molecule has 1 fully saturated rings. The zero-order chi connectivity index (χ0) is 16.9. The fraction of sp³-hybridized carbons (Fsp3) is 0.529. The van der Waals surface area contributed by atoms with Crippen molar-refractivity contribution in [3.63, 3.8) is 0 Å². The largest absolute Gasteiger partial charge is 0.484 e. The molecule has 1 aliphatic carbocycles. The summed E-state index contributed by atoms with van der Waals surface area (Å²) in [6.45, 7) is 1.97. The number of nitrogens with two attached hydrogens (primary N) is 1. The van der Waals surface area contributed by atoms with Crippen LogP contribution in [0.4, 0.5) is 5.69 Å². The first-order chi connectivity index (χ1) is 10.9. The van der Waals surface area contributed by atoms with Crippen LogP contribution in [-0.2, 0) is 14.3 Å². The fourth-order valence-electron chi connectivity index (χ4n) is 3.02. The van der Waals surface area contributed by atoms with Gasteiger partial charge in [0.25, 0.3) is 11.8 Å². The van der Waals surface area contributed by atoms with Gasteiger partial charge in [-0.15, -0.1) is 0 Å². The van der Waals surface area contributed by atoms with Crippen molar-refractivity contribution in [2.24, 2.45) is 11.7 Å². The molecule has 23 heavy (non-hydrogen) atoms. The van der Waals surface area contributed by atoms with Crippen LogP contribution < -0.4 is 15.8 Å². The molecule has 0 heterocycles. The van der Waals surface area contributed by atoms with Crippen molar-refractivity contribution in [2.75, 3.05) is 19.0 Å². The van der Waals surface area contributed by atoms with Crippen LogP contribution in [0.15, 0.2) is 24.3 Å². The molecule has 0 radical (unpaired) electrons. The number of methoxy groups -OCH3 is 1. The normalized spacial score (nSPS) is 24.0. The second-order valence-electron chi connectivity index (χ2n) is 6.13. The predicted octanol–water partition coefficient (Wildman–Crippen LogP) is 2.08. The number of amides is 2. The van der Waals surface area contributed by atoms with Gasteiger partial charge in [0.1, 0.15) is 11.4 Å². The molecule has 0 aromatic heterocycles. The van der Waals surface area contributed by atoms with Gasteiger partial charge in [-0.05, 0) is 49.4 Å². The summed E-state index contributed by atoms with van der Waals surface area (Å²) in [4.78, 5) is 23.3. The highest BCUT2D eigenvalue weighted by atomic mass is 16.5. The molecular formula is C17H24N2O4. The molecule has 0 unspecified atom stereocenters. The summed E-state index contributed by atoms with van der Waals surface area (Å²) < 4.78 is 10.8. The Hall–Kier alpha value is -2.08. The summed E-state index contributed by atoms with van der Waals surface area (Å²) in [5.74, 6) is 0.349. The van der Waals surface area contributed by atoms with Gasteiger partial charge in [-0.1, -0.05) is 13.3 Å². The number of carbonyl (C=O) groups is 2. The SMILES string of the molecule is CO[C@@]1(C(=O)Nc2ccc(OCC(N)=O)cc2)CCC[C@H](C)C1. The van der Waals surface area contributed by atoms with Crippen LogP contribution in [0.1, 0.15) is 32.6 Å². The maximum absolute atomic E-state index is 12.6. The van der Waals surface area contributed by atoms with Crippen LogP contribution in [0.5, 0.6) is 5.75 Å². The topological polar surface area (TPSA) is 90.7 Å². The maximum atomic E-state index is 12.6. The first-order valence-electron chi connectivity index (χ1n) is 7.83. The second kappa shape index (κ2) is 7.46. The zero-order valence-corrected chi connectivity index (χ0v) is 13.6. The van der Waals surface area contributed by atoms with Crippen LogP contribution in [0.3, 0.4) is 0 Å². The van der Waals surface area contributed by atoms with Crippen LogP contribution in [-0.4, -0.2) is 31.1 Å². The Morgan fingerprint density at radius 1 is 1.35 bits per heavy atom. The molecule has 2 rings (SSSR count). The number of hydrogen-bond donors (Lipinski definition) is 2. The van der Waals surface area contributed by atoms with E-state index in [0.29, 0.717) is 17.4 Å². The van der Waals surface area contributed by atoms with E-state index in [9.17, 15) is 9.59 Å². The highest BCUT2D eigenvalue weighted by Crippen LogP contribution is 2.35. The zero-order valence-electron chi connectivity index (χ0n) is 13.6.